The third-order valence-electron chi connectivity index (χ3n) is 7.76. The molecule has 0 fully saturated rings. The number of hydrogen-bond acceptors (Lipinski definition) is 0. The van der Waals surface area contributed by atoms with E-state index in [0.29, 0.717) is 5.92 Å². The molecule has 0 heterocycles. The molecular formula is C31H36Si. The summed E-state index contributed by atoms with van der Waals surface area (Å²) in [6, 6.07) is 25.5. The second-order valence-electron chi connectivity index (χ2n) is 9.83. The van der Waals surface area contributed by atoms with E-state index in [-0.39, 0.29) is 0 Å². The molecule has 0 nitrogen and oxygen atoms in total. The first-order valence-corrected chi connectivity index (χ1v) is 13.8. The molecule has 0 spiro atoms. The molecule has 164 valence electrons. The lowest BCUT2D eigenvalue weighted by Crippen LogP contribution is -2.71. The molecule has 0 radical (unpaired) electrons. The zero-order chi connectivity index (χ0) is 23.2. The monoisotopic (exact) mass is 436 g/mol. The van der Waals surface area contributed by atoms with Gasteiger partial charge in [-0.3, -0.25) is 0 Å². The highest BCUT2D eigenvalue weighted by atomic mass is 28.3. The smallest absolute Gasteiger partial charge is 0.0636 e. The number of benzene rings is 3. The molecule has 1 aliphatic carbocycles. The SMILES string of the molecule is CC1=C(C)C(C)C([Si](c2ccccc2)(c2cc(C)cc(C)c2)c2c(C)cccc2C)=C1C. The predicted octanol–water partition coefficient (Wildman–Crippen LogP) is 6.23. The van der Waals surface area contributed by atoms with Crippen LogP contribution in [0.15, 0.2) is 88.6 Å². The summed E-state index contributed by atoms with van der Waals surface area (Å²) < 4.78 is 0. The van der Waals surface area contributed by atoms with E-state index in [1.165, 1.54) is 49.3 Å². The van der Waals surface area contributed by atoms with Gasteiger partial charge in [0.1, 0.15) is 0 Å². The average Bonchev–Trinajstić information content (AvgIpc) is 2.94. The molecule has 0 saturated heterocycles. The van der Waals surface area contributed by atoms with E-state index < -0.39 is 8.07 Å². The Bertz CT molecular complexity index is 1200. The number of allylic oxidation sites excluding steroid dienone is 4. The quantitative estimate of drug-likeness (QED) is 0.336. The summed E-state index contributed by atoms with van der Waals surface area (Å²) in [7, 11) is -2.51. The summed E-state index contributed by atoms with van der Waals surface area (Å²) >= 11 is 0. The van der Waals surface area contributed by atoms with Crippen LogP contribution in [0.25, 0.3) is 0 Å². The van der Waals surface area contributed by atoms with Crippen molar-refractivity contribution in [3.05, 3.63) is 111 Å². The molecule has 1 heteroatoms. The maximum absolute atomic E-state index is 2.51. The van der Waals surface area contributed by atoms with Gasteiger partial charge in [0, 0.05) is 0 Å². The van der Waals surface area contributed by atoms with Gasteiger partial charge in [-0.05, 0) is 75.5 Å². The van der Waals surface area contributed by atoms with Crippen molar-refractivity contribution in [1.29, 1.82) is 0 Å². The molecule has 3 aromatic rings. The van der Waals surface area contributed by atoms with E-state index in [0.717, 1.165) is 0 Å². The Balaban J connectivity index is 2.27. The summed E-state index contributed by atoms with van der Waals surface area (Å²) in [4.78, 5) is 0. The van der Waals surface area contributed by atoms with Crippen LogP contribution in [0.5, 0.6) is 0 Å². The van der Waals surface area contributed by atoms with Gasteiger partial charge in [-0.1, -0.05) is 112 Å². The highest BCUT2D eigenvalue weighted by Crippen LogP contribution is 2.41. The normalized spacial score (nSPS) is 18.3. The van der Waals surface area contributed by atoms with Gasteiger partial charge in [-0.2, -0.15) is 0 Å². The number of rotatable bonds is 4. The van der Waals surface area contributed by atoms with E-state index in [1.807, 2.05) is 0 Å². The Morgan fingerprint density at radius 1 is 0.594 bits per heavy atom. The minimum atomic E-state index is -2.51. The summed E-state index contributed by atoms with van der Waals surface area (Å²) in [5, 5.41) is 6.24. The van der Waals surface area contributed by atoms with Crippen LogP contribution >= 0.6 is 0 Å². The largest absolute Gasteiger partial charge is 0.177 e. The lowest BCUT2D eigenvalue weighted by atomic mass is 10.1. The van der Waals surface area contributed by atoms with Gasteiger partial charge in [-0.15, -0.1) is 0 Å². The van der Waals surface area contributed by atoms with Crippen LogP contribution in [0.2, 0.25) is 0 Å². The van der Waals surface area contributed by atoms with E-state index in [9.17, 15) is 0 Å². The van der Waals surface area contributed by atoms with E-state index in [1.54, 1.807) is 10.4 Å². The third-order valence-corrected chi connectivity index (χ3v) is 13.3. The second-order valence-corrected chi connectivity index (χ2v) is 13.5. The van der Waals surface area contributed by atoms with Crippen molar-refractivity contribution >= 4 is 23.6 Å². The van der Waals surface area contributed by atoms with Gasteiger partial charge in [0.15, 0.2) is 8.07 Å². The van der Waals surface area contributed by atoms with Gasteiger partial charge in [-0.25, -0.2) is 0 Å². The predicted molar refractivity (Wildman–Crippen MR) is 143 cm³/mol. The van der Waals surface area contributed by atoms with Crippen molar-refractivity contribution in [2.45, 2.75) is 55.4 Å². The molecule has 2 atom stereocenters. The van der Waals surface area contributed by atoms with Crippen molar-refractivity contribution < 1.29 is 0 Å². The Morgan fingerprint density at radius 3 is 1.66 bits per heavy atom. The second kappa shape index (κ2) is 8.37. The first-order chi connectivity index (χ1) is 15.2. The third kappa shape index (κ3) is 3.35. The van der Waals surface area contributed by atoms with Crippen molar-refractivity contribution in [1.82, 2.24) is 0 Å². The highest BCUT2D eigenvalue weighted by molar-refractivity contribution is 7.16. The molecule has 4 rings (SSSR count). The first kappa shape index (κ1) is 22.5. The highest BCUT2D eigenvalue weighted by Gasteiger charge is 2.49. The van der Waals surface area contributed by atoms with Crippen molar-refractivity contribution in [2.75, 3.05) is 0 Å². The van der Waals surface area contributed by atoms with E-state index in [4.69, 9.17) is 0 Å². The summed E-state index contributed by atoms with van der Waals surface area (Å²) in [6.45, 7) is 18.6. The molecule has 0 bridgehead atoms. The fourth-order valence-corrected chi connectivity index (χ4v) is 12.5. The van der Waals surface area contributed by atoms with Crippen LogP contribution in [0, 0.1) is 33.6 Å². The zero-order valence-corrected chi connectivity index (χ0v) is 21.9. The van der Waals surface area contributed by atoms with Crippen LogP contribution in [-0.4, -0.2) is 8.07 Å². The Labute approximate surface area is 195 Å². The van der Waals surface area contributed by atoms with Crippen LogP contribution in [0.4, 0.5) is 0 Å². The summed E-state index contributed by atoms with van der Waals surface area (Å²) in [6.07, 6.45) is 0. The molecule has 0 aliphatic heterocycles. The fraction of sp³-hybridized carbons (Fsp3) is 0.290. The maximum Gasteiger partial charge on any atom is 0.177 e. The molecule has 1 aliphatic rings. The van der Waals surface area contributed by atoms with Crippen LogP contribution < -0.4 is 15.6 Å². The van der Waals surface area contributed by atoms with E-state index in [2.05, 4.69) is 122 Å². The lowest BCUT2D eigenvalue weighted by molar-refractivity contribution is 0.851. The van der Waals surface area contributed by atoms with Crippen LogP contribution in [0.3, 0.4) is 0 Å². The topological polar surface area (TPSA) is 0 Å². The van der Waals surface area contributed by atoms with Gasteiger partial charge in [0.2, 0.25) is 0 Å². The van der Waals surface area contributed by atoms with E-state index >= 15 is 0 Å². The Kier molecular flexibility index (Phi) is 5.90. The number of hydrogen-bond donors (Lipinski definition) is 0. The van der Waals surface area contributed by atoms with Crippen molar-refractivity contribution in [3.8, 4) is 0 Å². The molecule has 2 unspecified atom stereocenters. The molecule has 0 N–H and O–H groups in total. The van der Waals surface area contributed by atoms with Crippen LogP contribution in [-0.2, 0) is 0 Å². The molecular weight excluding hydrogens is 400 g/mol. The maximum atomic E-state index is 2.48. The molecule has 0 amide bonds. The standard InChI is InChI=1S/C31H36Si/c1-20-17-21(2)19-29(18-20)32(28-15-10-9-11-16-28,30-22(3)13-12-14-23(30)4)31-26(7)24(5)25(6)27(31)8/h9-19,26H,1-8H3. The van der Waals surface area contributed by atoms with Gasteiger partial charge >= 0.3 is 0 Å². The average molecular weight is 437 g/mol. The summed E-state index contributed by atoms with van der Waals surface area (Å²) in [5.74, 6) is 0.446. The molecule has 32 heavy (non-hydrogen) atoms. The Morgan fingerprint density at radius 2 is 1.16 bits per heavy atom. The van der Waals surface area contributed by atoms with Gasteiger partial charge < -0.3 is 0 Å². The minimum Gasteiger partial charge on any atom is -0.0636 e. The van der Waals surface area contributed by atoms with Crippen molar-refractivity contribution in [3.63, 3.8) is 0 Å². The van der Waals surface area contributed by atoms with Crippen molar-refractivity contribution in [2.24, 2.45) is 5.92 Å². The van der Waals surface area contributed by atoms with Crippen LogP contribution in [0.1, 0.15) is 49.9 Å². The Hall–Kier alpha value is -2.64. The summed E-state index contributed by atoms with van der Waals surface area (Å²) in [5.41, 5.74) is 10.0. The minimum absolute atomic E-state index is 0.446. The first-order valence-electron chi connectivity index (χ1n) is 11.8. The fourth-order valence-electron chi connectivity index (χ4n) is 6.16. The lowest BCUT2D eigenvalue weighted by Gasteiger charge is -2.40. The molecule has 0 saturated carbocycles. The number of aryl methyl sites for hydroxylation is 4. The van der Waals surface area contributed by atoms with Gasteiger partial charge in [0.25, 0.3) is 0 Å². The molecule has 3 aromatic carbocycles. The zero-order valence-electron chi connectivity index (χ0n) is 20.9. The van der Waals surface area contributed by atoms with Gasteiger partial charge in [0.05, 0.1) is 0 Å². The molecule has 0 aromatic heterocycles.